The highest BCUT2D eigenvalue weighted by Gasteiger charge is 2.33. The number of amides is 2. The van der Waals surface area contributed by atoms with Crippen LogP contribution in [0.15, 0.2) is 24.3 Å². The van der Waals surface area contributed by atoms with Crippen molar-refractivity contribution in [1.29, 1.82) is 0 Å². The molecule has 29 heavy (non-hydrogen) atoms. The number of anilines is 1. The lowest BCUT2D eigenvalue weighted by atomic mass is 10.0. The number of carbonyl (C=O) groups is 4. The lowest BCUT2D eigenvalue weighted by molar-refractivity contribution is -0.141. The van der Waals surface area contributed by atoms with Gasteiger partial charge in [-0.2, -0.15) is 0 Å². The minimum atomic E-state index is -1.14. The van der Waals surface area contributed by atoms with Crippen molar-refractivity contribution >= 4 is 29.4 Å². The molecule has 0 unspecified atom stereocenters. The van der Waals surface area contributed by atoms with Crippen molar-refractivity contribution in [1.82, 2.24) is 10.6 Å². The van der Waals surface area contributed by atoms with Crippen molar-refractivity contribution < 1.29 is 29.4 Å². The molecule has 158 valence electrons. The van der Waals surface area contributed by atoms with E-state index in [4.69, 9.17) is 0 Å². The van der Waals surface area contributed by atoms with Gasteiger partial charge in [0.1, 0.15) is 12.6 Å². The van der Waals surface area contributed by atoms with Crippen LogP contribution in [-0.4, -0.2) is 59.1 Å². The zero-order chi connectivity index (χ0) is 21.4. The maximum Gasteiger partial charge on any atom is 0.323 e. The average molecular weight is 405 g/mol. The lowest BCUT2D eigenvalue weighted by Crippen LogP contribution is -2.52. The molecule has 0 bridgehead atoms. The van der Waals surface area contributed by atoms with E-state index in [1.165, 1.54) is 11.8 Å². The summed E-state index contributed by atoms with van der Waals surface area (Å²) >= 11 is 0. The largest absolute Gasteiger partial charge is 0.480 e. The van der Waals surface area contributed by atoms with E-state index in [1.54, 1.807) is 12.1 Å². The van der Waals surface area contributed by atoms with Crippen molar-refractivity contribution in [3.63, 3.8) is 0 Å². The number of benzene rings is 1. The number of hydrogen-bond donors (Lipinski definition) is 4. The highest BCUT2D eigenvalue weighted by atomic mass is 16.4. The van der Waals surface area contributed by atoms with Gasteiger partial charge in [0.2, 0.25) is 11.8 Å². The van der Waals surface area contributed by atoms with Gasteiger partial charge in [0.25, 0.3) is 0 Å². The van der Waals surface area contributed by atoms with E-state index in [-0.39, 0.29) is 5.91 Å². The summed E-state index contributed by atoms with van der Waals surface area (Å²) in [7, 11) is 0. The quantitative estimate of drug-likeness (QED) is 0.422. The Labute approximate surface area is 169 Å². The van der Waals surface area contributed by atoms with Crippen molar-refractivity contribution in [3.8, 4) is 0 Å². The van der Waals surface area contributed by atoms with E-state index < -0.39 is 36.5 Å². The Bertz CT molecular complexity index is 766. The summed E-state index contributed by atoms with van der Waals surface area (Å²) in [4.78, 5) is 48.0. The summed E-state index contributed by atoms with van der Waals surface area (Å²) in [6, 6.07) is 5.38. The highest BCUT2D eigenvalue weighted by Crippen LogP contribution is 2.27. The fourth-order valence-electron chi connectivity index (χ4n) is 3.43. The maximum absolute atomic E-state index is 13.0. The van der Waals surface area contributed by atoms with Crippen LogP contribution in [0, 0.1) is 0 Å². The van der Waals surface area contributed by atoms with Gasteiger partial charge in [-0.25, -0.2) is 0 Å². The summed E-state index contributed by atoms with van der Waals surface area (Å²) in [5.41, 5.74) is 1.40. The van der Waals surface area contributed by atoms with E-state index >= 15 is 0 Å². The summed E-state index contributed by atoms with van der Waals surface area (Å²) < 4.78 is 0. The monoisotopic (exact) mass is 405 g/mol. The van der Waals surface area contributed by atoms with Crippen LogP contribution in [0.25, 0.3) is 0 Å². The maximum atomic E-state index is 13.0. The van der Waals surface area contributed by atoms with Crippen LogP contribution in [0.2, 0.25) is 0 Å². The van der Waals surface area contributed by atoms with Gasteiger partial charge in [-0.05, 0) is 43.7 Å². The number of rotatable bonds is 10. The van der Waals surface area contributed by atoms with Gasteiger partial charge in [0, 0.05) is 19.2 Å². The topological polar surface area (TPSA) is 136 Å². The second kappa shape index (κ2) is 10.6. The molecule has 1 aliphatic rings. The zero-order valence-corrected chi connectivity index (χ0v) is 16.4. The van der Waals surface area contributed by atoms with E-state index in [2.05, 4.69) is 10.6 Å². The fourth-order valence-corrected chi connectivity index (χ4v) is 3.43. The smallest absolute Gasteiger partial charge is 0.323 e. The van der Waals surface area contributed by atoms with Gasteiger partial charge >= 0.3 is 11.9 Å². The Kier molecular flexibility index (Phi) is 8.14. The summed E-state index contributed by atoms with van der Waals surface area (Å²) in [6.45, 7) is 1.40. The number of carbonyl (C=O) groups excluding carboxylic acids is 2. The molecule has 1 aromatic carbocycles. The van der Waals surface area contributed by atoms with Crippen LogP contribution in [0.1, 0.15) is 38.2 Å². The number of fused-ring (bicyclic) bond motifs is 1. The van der Waals surface area contributed by atoms with E-state index in [1.807, 2.05) is 12.1 Å². The number of hydrogen-bond acceptors (Lipinski definition) is 5. The van der Waals surface area contributed by atoms with Gasteiger partial charge in [0.05, 0.1) is 6.04 Å². The Balaban J connectivity index is 2.07. The standard InChI is InChI=1S/C20H27N3O6/c1-13(24)21-11-5-4-7-16(20(28)29)22-15-10-9-14-6-2-3-8-17(14)23(19(15)27)12-18(25)26/h2-3,6,8,15-16,22H,4-5,7,9-12H2,1H3,(H,21,24)(H,25,26)(H,28,29)/t15-,16-/m0/s1. The average Bonchev–Trinajstić information content (AvgIpc) is 2.78. The van der Waals surface area contributed by atoms with Crippen LogP contribution in [0.5, 0.6) is 0 Å². The summed E-state index contributed by atoms with van der Waals surface area (Å²) in [5.74, 6) is -2.78. The highest BCUT2D eigenvalue weighted by molar-refractivity contribution is 6.02. The van der Waals surface area contributed by atoms with Gasteiger partial charge < -0.3 is 15.5 Å². The number of carboxylic acids is 2. The molecule has 2 atom stereocenters. The minimum Gasteiger partial charge on any atom is -0.480 e. The Morgan fingerprint density at radius 1 is 1.21 bits per heavy atom. The minimum absolute atomic E-state index is 0.139. The van der Waals surface area contributed by atoms with Crippen LogP contribution in [0.3, 0.4) is 0 Å². The normalized spacial score (nSPS) is 17.2. The SMILES string of the molecule is CC(=O)NCCCC[C@H](N[C@H]1CCc2ccccc2N(CC(=O)O)C1=O)C(=O)O. The number of aryl methyl sites for hydroxylation is 1. The molecule has 0 radical (unpaired) electrons. The molecular formula is C20H27N3O6. The van der Waals surface area contributed by atoms with Crippen LogP contribution in [-0.2, 0) is 25.6 Å². The number of nitrogens with zero attached hydrogens (tertiary/aromatic N) is 1. The first-order valence-corrected chi connectivity index (χ1v) is 9.64. The third-order valence-corrected chi connectivity index (χ3v) is 4.84. The second-order valence-electron chi connectivity index (χ2n) is 7.07. The molecule has 0 aromatic heterocycles. The molecule has 0 saturated heterocycles. The predicted octanol–water partition coefficient (Wildman–Crippen LogP) is 0.768. The number of unbranched alkanes of at least 4 members (excludes halogenated alkanes) is 1. The third kappa shape index (κ3) is 6.56. The molecule has 1 aliphatic heterocycles. The molecule has 9 heteroatoms. The van der Waals surface area contributed by atoms with Gasteiger partial charge in [-0.3, -0.25) is 29.4 Å². The fraction of sp³-hybridized carbons (Fsp3) is 0.500. The van der Waals surface area contributed by atoms with Crippen LogP contribution < -0.4 is 15.5 Å². The second-order valence-corrected chi connectivity index (χ2v) is 7.07. The van der Waals surface area contributed by atoms with Gasteiger partial charge in [-0.15, -0.1) is 0 Å². The van der Waals surface area contributed by atoms with Crippen LogP contribution in [0.4, 0.5) is 5.69 Å². The van der Waals surface area contributed by atoms with E-state index in [0.29, 0.717) is 44.3 Å². The molecule has 4 N–H and O–H groups in total. The molecule has 2 amide bonds. The molecule has 1 heterocycles. The summed E-state index contributed by atoms with van der Waals surface area (Å²) in [6.07, 6.45) is 2.39. The first-order valence-electron chi connectivity index (χ1n) is 9.64. The first-order chi connectivity index (χ1) is 13.8. The number of carboxylic acid groups (broad SMARTS) is 2. The number of aliphatic carboxylic acids is 2. The number of nitrogens with one attached hydrogen (secondary N) is 2. The Morgan fingerprint density at radius 3 is 2.59 bits per heavy atom. The predicted molar refractivity (Wildman–Crippen MR) is 106 cm³/mol. The summed E-state index contributed by atoms with van der Waals surface area (Å²) in [5, 5.41) is 24.3. The molecule has 0 fully saturated rings. The molecule has 2 rings (SSSR count). The molecule has 0 saturated carbocycles. The van der Waals surface area contributed by atoms with Crippen molar-refractivity contribution in [2.45, 2.75) is 51.1 Å². The van der Waals surface area contributed by atoms with Crippen molar-refractivity contribution in [3.05, 3.63) is 29.8 Å². The van der Waals surface area contributed by atoms with Crippen LogP contribution >= 0.6 is 0 Å². The third-order valence-electron chi connectivity index (χ3n) is 4.84. The number of para-hydroxylation sites is 1. The molecule has 0 spiro atoms. The molecular weight excluding hydrogens is 378 g/mol. The zero-order valence-electron chi connectivity index (χ0n) is 16.4. The van der Waals surface area contributed by atoms with Crippen molar-refractivity contribution in [2.75, 3.05) is 18.0 Å². The lowest BCUT2D eigenvalue weighted by Gasteiger charge is -2.26. The Morgan fingerprint density at radius 2 is 1.93 bits per heavy atom. The molecule has 9 nitrogen and oxygen atoms in total. The van der Waals surface area contributed by atoms with Gasteiger partial charge in [0.15, 0.2) is 0 Å². The molecule has 0 aliphatic carbocycles. The molecule has 1 aromatic rings. The van der Waals surface area contributed by atoms with Crippen molar-refractivity contribution in [2.24, 2.45) is 0 Å². The van der Waals surface area contributed by atoms with Gasteiger partial charge in [-0.1, -0.05) is 18.2 Å². The van der Waals surface area contributed by atoms with E-state index in [9.17, 15) is 29.4 Å². The first kappa shape index (κ1) is 22.4. The van der Waals surface area contributed by atoms with E-state index in [0.717, 1.165) is 5.56 Å². The Hall–Kier alpha value is -2.94.